The number of amides is 2. The number of benzene rings is 2. The van der Waals surface area contributed by atoms with Crippen LogP contribution >= 0.6 is 23.2 Å². The van der Waals surface area contributed by atoms with Crippen LogP contribution in [0.2, 0.25) is 10.0 Å². The normalized spacial score (nSPS) is 18.4. The molecule has 3 aromatic rings. The molecule has 0 spiro atoms. The van der Waals surface area contributed by atoms with Crippen LogP contribution in [0.5, 0.6) is 0 Å². The number of carboxylic acids is 1. The average molecular weight is 630 g/mol. The zero-order valence-corrected chi connectivity index (χ0v) is 24.5. The van der Waals surface area contributed by atoms with Gasteiger partial charge in [0.25, 0.3) is 11.8 Å². The quantitative estimate of drug-likeness (QED) is 0.135. The standard InChI is InChI=1S/C29H30Cl2N6O6/c30-21-10-18-13-36(27(40)17-4-3-16-6-9-43-23(16)11-17)8-5-20(18)25(31)24(21)26(39)35-22(28(41)42)12-33-29(34-15-32)37-7-1-2-19(38)14-37/h3-4,6,9-11,19,22,29,33-34,38H,1-2,5,7-8,12-14H2,(H,35,39)(H,41,42)/t19?,22-,29?/m0/s1. The molecule has 0 aliphatic carbocycles. The number of β-amino-alcohol motifs (C(OH)–C–C–N with tert-alkyl or cyclic N) is 1. The van der Waals surface area contributed by atoms with E-state index in [1.807, 2.05) is 18.3 Å². The third-order valence-electron chi connectivity index (χ3n) is 7.74. The first-order valence-corrected chi connectivity index (χ1v) is 14.5. The van der Waals surface area contributed by atoms with E-state index in [4.69, 9.17) is 32.9 Å². The van der Waals surface area contributed by atoms with Crippen molar-refractivity contribution in [3.8, 4) is 6.19 Å². The molecule has 2 aliphatic rings. The number of likely N-dealkylation sites (tertiary alicyclic amines) is 1. The molecule has 14 heteroatoms. The van der Waals surface area contributed by atoms with Gasteiger partial charge in [-0.25, -0.2) is 4.79 Å². The van der Waals surface area contributed by atoms with Crippen molar-refractivity contribution in [2.24, 2.45) is 0 Å². The Hall–Kier alpha value is -3.86. The Morgan fingerprint density at radius 2 is 2.00 bits per heavy atom. The number of carboxylic acid groups (broad SMARTS) is 1. The number of furan rings is 1. The fourth-order valence-corrected chi connectivity index (χ4v) is 6.28. The van der Waals surface area contributed by atoms with Gasteiger partial charge in [-0.15, -0.1) is 0 Å². The van der Waals surface area contributed by atoms with E-state index in [1.54, 1.807) is 34.3 Å². The maximum absolute atomic E-state index is 13.3. The van der Waals surface area contributed by atoms with Crippen molar-refractivity contribution in [2.45, 2.75) is 44.2 Å². The average Bonchev–Trinajstić information content (AvgIpc) is 3.46. The molecule has 2 aromatic carbocycles. The van der Waals surface area contributed by atoms with Gasteiger partial charge in [-0.2, -0.15) is 5.26 Å². The number of hydrogen-bond acceptors (Lipinski definition) is 9. The highest BCUT2D eigenvalue weighted by atomic mass is 35.5. The first-order valence-electron chi connectivity index (χ1n) is 13.8. The summed E-state index contributed by atoms with van der Waals surface area (Å²) in [5.41, 5.74) is 2.39. The fraction of sp³-hybridized carbons (Fsp3) is 0.379. The van der Waals surface area contributed by atoms with Crippen LogP contribution in [0.25, 0.3) is 11.0 Å². The van der Waals surface area contributed by atoms with Crippen molar-refractivity contribution in [3.63, 3.8) is 0 Å². The smallest absolute Gasteiger partial charge is 0.327 e. The Bertz CT molecular complexity index is 1590. The van der Waals surface area contributed by atoms with Crippen molar-refractivity contribution in [3.05, 3.63) is 68.9 Å². The summed E-state index contributed by atoms with van der Waals surface area (Å²) in [6.45, 7) is 1.25. The maximum Gasteiger partial charge on any atom is 0.327 e. The number of carbonyl (C=O) groups excluding carboxylic acids is 2. The lowest BCUT2D eigenvalue weighted by atomic mass is 9.96. The van der Waals surface area contributed by atoms with Gasteiger partial charge in [0.15, 0.2) is 6.19 Å². The van der Waals surface area contributed by atoms with Crippen LogP contribution in [0.1, 0.15) is 44.7 Å². The van der Waals surface area contributed by atoms with E-state index in [-0.39, 0.29) is 34.6 Å². The number of aliphatic hydroxyl groups is 1. The van der Waals surface area contributed by atoms with Gasteiger partial charge < -0.3 is 24.8 Å². The van der Waals surface area contributed by atoms with Crippen LogP contribution in [0.4, 0.5) is 0 Å². The van der Waals surface area contributed by atoms with E-state index < -0.39 is 30.3 Å². The molecule has 0 saturated carbocycles. The molecular weight excluding hydrogens is 599 g/mol. The van der Waals surface area contributed by atoms with Crippen LogP contribution in [-0.2, 0) is 17.8 Å². The van der Waals surface area contributed by atoms with Crippen LogP contribution in [0, 0.1) is 11.5 Å². The molecule has 1 fully saturated rings. The van der Waals surface area contributed by atoms with E-state index in [1.165, 1.54) is 0 Å². The van der Waals surface area contributed by atoms with Crippen molar-refractivity contribution < 1.29 is 29.0 Å². The molecule has 0 bridgehead atoms. The van der Waals surface area contributed by atoms with Gasteiger partial charge >= 0.3 is 5.97 Å². The zero-order valence-electron chi connectivity index (χ0n) is 23.0. The Kier molecular flexibility index (Phi) is 9.39. The minimum atomic E-state index is -1.38. The number of rotatable bonds is 9. The lowest BCUT2D eigenvalue weighted by Gasteiger charge is -2.36. The lowest BCUT2D eigenvalue weighted by Crippen LogP contribution is -2.60. The Morgan fingerprint density at radius 1 is 1.19 bits per heavy atom. The number of hydrogen-bond donors (Lipinski definition) is 5. The molecule has 3 atom stereocenters. The Morgan fingerprint density at radius 3 is 2.74 bits per heavy atom. The first kappa shape index (κ1) is 30.6. The number of nitriles is 1. The highest BCUT2D eigenvalue weighted by Gasteiger charge is 2.31. The monoisotopic (exact) mass is 628 g/mol. The summed E-state index contributed by atoms with van der Waals surface area (Å²) in [6.07, 6.45) is 3.83. The molecule has 43 heavy (non-hydrogen) atoms. The molecule has 5 rings (SSSR count). The summed E-state index contributed by atoms with van der Waals surface area (Å²) in [5, 5.41) is 38.0. The molecule has 1 saturated heterocycles. The number of carbonyl (C=O) groups is 3. The number of fused-ring (bicyclic) bond motifs is 2. The number of nitrogens with one attached hydrogen (secondary N) is 3. The predicted molar refractivity (Wildman–Crippen MR) is 157 cm³/mol. The molecule has 0 radical (unpaired) electrons. The molecule has 2 amide bonds. The van der Waals surface area contributed by atoms with Crippen LogP contribution in [0.3, 0.4) is 0 Å². The van der Waals surface area contributed by atoms with Gasteiger partial charge in [-0.1, -0.05) is 29.3 Å². The molecule has 2 unspecified atom stereocenters. The van der Waals surface area contributed by atoms with E-state index in [0.29, 0.717) is 61.2 Å². The third kappa shape index (κ3) is 6.71. The van der Waals surface area contributed by atoms with Gasteiger partial charge in [-0.3, -0.25) is 25.1 Å². The van der Waals surface area contributed by atoms with E-state index in [0.717, 1.165) is 5.39 Å². The Balaban J connectivity index is 1.27. The number of nitrogens with zero attached hydrogens (tertiary/aromatic N) is 3. The van der Waals surface area contributed by atoms with Crippen LogP contribution in [-0.4, -0.2) is 82.4 Å². The second-order valence-corrected chi connectivity index (χ2v) is 11.3. The second-order valence-electron chi connectivity index (χ2n) is 10.6. The summed E-state index contributed by atoms with van der Waals surface area (Å²) >= 11 is 13.2. The molecule has 12 nitrogen and oxygen atoms in total. The number of aliphatic hydroxyl groups excluding tert-OH is 1. The molecule has 226 valence electrons. The summed E-state index contributed by atoms with van der Waals surface area (Å²) in [7, 11) is 0. The fourth-order valence-electron chi connectivity index (χ4n) is 5.51. The summed E-state index contributed by atoms with van der Waals surface area (Å²) in [5.74, 6) is -2.25. The summed E-state index contributed by atoms with van der Waals surface area (Å²) in [6, 6.07) is 7.27. The Labute approximate surface area is 257 Å². The molecule has 1 aromatic heterocycles. The van der Waals surface area contributed by atoms with Crippen LogP contribution in [0.15, 0.2) is 41.0 Å². The lowest BCUT2D eigenvalue weighted by molar-refractivity contribution is -0.139. The number of piperidine rings is 1. The topological polar surface area (TPSA) is 171 Å². The molecule has 5 N–H and O–H groups in total. The van der Waals surface area contributed by atoms with E-state index in [9.17, 15) is 24.6 Å². The number of aliphatic carboxylic acids is 1. The van der Waals surface area contributed by atoms with E-state index >= 15 is 0 Å². The van der Waals surface area contributed by atoms with Crippen molar-refractivity contribution in [1.82, 2.24) is 25.8 Å². The number of halogens is 2. The van der Waals surface area contributed by atoms with Gasteiger partial charge in [-0.05, 0) is 54.7 Å². The summed E-state index contributed by atoms with van der Waals surface area (Å²) < 4.78 is 5.42. The van der Waals surface area contributed by atoms with Gasteiger partial charge in [0.2, 0.25) is 0 Å². The predicted octanol–water partition coefficient (Wildman–Crippen LogP) is 2.52. The highest BCUT2D eigenvalue weighted by molar-refractivity contribution is 6.40. The van der Waals surface area contributed by atoms with Crippen molar-refractivity contribution >= 4 is 52.0 Å². The molecular formula is C29H30Cl2N6O6. The molecule has 2 aliphatic heterocycles. The first-order chi connectivity index (χ1) is 20.7. The SMILES string of the molecule is N#CNC(NC[C@H](NC(=O)c1c(Cl)cc2c(c1Cl)CCN(C(=O)c1ccc3ccoc3c1)C2)C(=O)O)N1CCCC(O)C1. The van der Waals surface area contributed by atoms with Crippen molar-refractivity contribution in [1.29, 1.82) is 5.26 Å². The highest BCUT2D eigenvalue weighted by Crippen LogP contribution is 2.35. The van der Waals surface area contributed by atoms with Crippen molar-refractivity contribution in [2.75, 3.05) is 26.2 Å². The molecule has 3 heterocycles. The van der Waals surface area contributed by atoms with E-state index in [2.05, 4.69) is 16.0 Å². The third-order valence-corrected chi connectivity index (χ3v) is 8.45. The van der Waals surface area contributed by atoms with Crippen LogP contribution < -0.4 is 16.0 Å². The zero-order chi connectivity index (χ0) is 30.7. The largest absolute Gasteiger partial charge is 0.480 e. The maximum atomic E-state index is 13.3. The van der Waals surface area contributed by atoms with Gasteiger partial charge in [0.1, 0.15) is 17.9 Å². The van der Waals surface area contributed by atoms with Gasteiger partial charge in [0.05, 0.1) is 28.0 Å². The van der Waals surface area contributed by atoms with Gasteiger partial charge in [0, 0.05) is 43.7 Å². The summed E-state index contributed by atoms with van der Waals surface area (Å²) in [4.78, 5) is 42.0. The second kappa shape index (κ2) is 13.2. The minimum Gasteiger partial charge on any atom is -0.480 e. The minimum absolute atomic E-state index is 0.0241.